The second-order valence-corrected chi connectivity index (χ2v) is 9.35. The molecule has 1 fully saturated rings. The summed E-state index contributed by atoms with van der Waals surface area (Å²) in [5.41, 5.74) is 4.44. The van der Waals surface area contributed by atoms with Gasteiger partial charge in [0.15, 0.2) is 0 Å². The molecule has 0 spiro atoms. The van der Waals surface area contributed by atoms with Gasteiger partial charge in [-0.2, -0.15) is 0 Å². The lowest BCUT2D eigenvalue weighted by atomic mass is 9.98. The number of ether oxygens (including phenoxy) is 2. The third kappa shape index (κ3) is 5.82. The molecule has 0 radical (unpaired) electrons. The Labute approximate surface area is 205 Å². The van der Waals surface area contributed by atoms with E-state index in [2.05, 4.69) is 22.8 Å². The zero-order valence-electron chi connectivity index (χ0n) is 20.0. The van der Waals surface area contributed by atoms with E-state index in [1.54, 1.807) is 6.92 Å². The number of methoxy groups -OCH3 is 1. The highest BCUT2D eigenvalue weighted by molar-refractivity contribution is 5.86. The zero-order chi connectivity index (χ0) is 24.9. The first-order valence-corrected chi connectivity index (χ1v) is 12.0. The fraction of sp³-hybridized carbons (Fsp3) is 0.444. The second kappa shape index (κ2) is 10.9. The summed E-state index contributed by atoms with van der Waals surface area (Å²) >= 11 is 0. The molecule has 1 saturated carbocycles. The number of aliphatic carboxylic acids is 1. The van der Waals surface area contributed by atoms with Gasteiger partial charge in [-0.15, -0.1) is 0 Å². The van der Waals surface area contributed by atoms with Crippen LogP contribution < -0.4 is 10.6 Å². The topological polar surface area (TPSA) is 114 Å². The number of carboxylic acids is 1. The molecule has 186 valence electrons. The van der Waals surface area contributed by atoms with Crippen LogP contribution in [0.1, 0.15) is 43.2 Å². The standard InChI is InChI=1S/C27H32N2O6/c1-16(34-2)24(25(30)28-14-18(26(31)32)13-17-11-12-17)29-27(33)35-15-23-21-9-5-3-7-19(21)20-8-4-6-10-22(20)23/h3-10,16-18,23-24H,11-15H2,1-2H3,(H,28,30)(H,29,33)(H,31,32). The summed E-state index contributed by atoms with van der Waals surface area (Å²) in [6.45, 7) is 1.79. The fourth-order valence-corrected chi connectivity index (χ4v) is 4.66. The third-order valence-electron chi connectivity index (χ3n) is 6.93. The van der Waals surface area contributed by atoms with Gasteiger partial charge >= 0.3 is 12.1 Å². The van der Waals surface area contributed by atoms with Gasteiger partial charge in [-0.25, -0.2) is 4.79 Å². The smallest absolute Gasteiger partial charge is 0.407 e. The first-order valence-electron chi connectivity index (χ1n) is 12.0. The van der Waals surface area contributed by atoms with E-state index in [0.29, 0.717) is 12.3 Å². The maximum Gasteiger partial charge on any atom is 0.407 e. The molecule has 35 heavy (non-hydrogen) atoms. The molecule has 0 aliphatic heterocycles. The van der Waals surface area contributed by atoms with E-state index in [-0.39, 0.29) is 19.1 Å². The van der Waals surface area contributed by atoms with Crippen LogP contribution in [-0.4, -0.2) is 55.5 Å². The Morgan fingerprint density at radius 2 is 1.63 bits per heavy atom. The Morgan fingerprint density at radius 3 is 2.17 bits per heavy atom. The Bertz CT molecular complexity index is 1040. The number of alkyl carbamates (subject to hydrolysis) is 1. The van der Waals surface area contributed by atoms with Gasteiger partial charge in [0, 0.05) is 19.6 Å². The number of rotatable bonds is 11. The second-order valence-electron chi connectivity index (χ2n) is 9.35. The Kier molecular flexibility index (Phi) is 7.70. The first kappa shape index (κ1) is 24.7. The van der Waals surface area contributed by atoms with E-state index >= 15 is 0 Å². The first-order chi connectivity index (χ1) is 16.9. The lowest BCUT2D eigenvalue weighted by Crippen LogP contribution is -2.54. The summed E-state index contributed by atoms with van der Waals surface area (Å²) in [6, 6.07) is 15.1. The number of carbonyl (C=O) groups is 3. The molecule has 0 aromatic heterocycles. The van der Waals surface area contributed by atoms with E-state index in [0.717, 1.165) is 35.1 Å². The van der Waals surface area contributed by atoms with Crippen LogP contribution in [0.25, 0.3) is 11.1 Å². The van der Waals surface area contributed by atoms with Crippen molar-refractivity contribution in [3.63, 3.8) is 0 Å². The van der Waals surface area contributed by atoms with Crippen LogP contribution in [0.5, 0.6) is 0 Å². The molecule has 2 amide bonds. The van der Waals surface area contributed by atoms with Crippen LogP contribution in [0.15, 0.2) is 48.5 Å². The number of carboxylic acid groups (broad SMARTS) is 1. The van der Waals surface area contributed by atoms with Crippen LogP contribution in [0, 0.1) is 11.8 Å². The summed E-state index contributed by atoms with van der Waals surface area (Å²) in [5.74, 6) is -1.77. The maximum absolute atomic E-state index is 12.8. The highest BCUT2D eigenvalue weighted by Crippen LogP contribution is 2.44. The largest absolute Gasteiger partial charge is 0.481 e. The molecule has 0 heterocycles. The van der Waals surface area contributed by atoms with Gasteiger partial charge in [-0.1, -0.05) is 61.4 Å². The Morgan fingerprint density at radius 1 is 1.03 bits per heavy atom. The minimum absolute atomic E-state index is 0.00394. The van der Waals surface area contributed by atoms with Crippen LogP contribution >= 0.6 is 0 Å². The van der Waals surface area contributed by atoms with Crippen LogP contribution in [0.4, 0.5) is 4.79 Å². The van der Waals surface area contributed by atoms with Crippen molar-refractivity contribution < 1.29 is 29.0 Å². The molecule has 2 aliphatic rings. The maximum atomic E-state index is 12.8. The van der Waals surface area contributed by atoms with E-state index in [4.69, 9.17) is 9.47 Å². The average molecular weight is 481 g/mol. The lowest BCUT2D eigenvalue weighted by Gasteiger charge is -2.24. The van der Waals surface area contributed by atoms with Crippen molar-refractivity contribution in [2.75, 3.05) is 20.3 Å². The van der Waals surface area contributed by atoms with Crippen molar-refractivity contribution in [2.24, 2.45) is 11.8 Å². The fourth-order valence-electron chi connectivity index (χ4n) is 4.66. The quantitative estimate of drug-likeness (QED) is 0.453. The Hall–Kier alpha value is -3.39. The van der Waals surface area contributed by atoms with Crippen molar-refractivity contribution in [1.82, 2.24) is 10.6 Å². The molecule has 2 aromatic rings. The van der Waals surface area contributed by atoms with Gasteiger partial charge in [-0.3, -0.25) is 9.59 Å². The molecule has 8 nitrogen and oxygen atoms in total. The zero-order valence-corrected chi connectivity index (χ0v) is 20.0. The van der Waals surface area contributed by atoms with Gasteiger partial charge in [0.05, 0.1) is 12.0 Å². The van der Waals surface area contributed by atoms with Crippen molar-refractivity contribution in [3.05, 3.63) is 59.7 Å². The highest BCUT2D eigenvalue weighted by Gasteiger charge is 2.33. The number of nitrogens with one attached hydrogen (secondary N) is 2. The van der Waals surface area contributed by atoms with Crippen molar-refractivity contribution >= 4 is 18.0 Å². The molecular weight excluding hydrogens is 448 g/mol. The molecule has 2 aliphatic carbocycles. The minimum Gasteiger partial charge on any atom is -0.481 e. The van der Waals surface area contributed by atoms with E-state index in [9.17, 15) is 19.5 Å². The van der Waals surface area contributed by atoms with E-state index < -0.39 is 36.0 Å². The number of hydrogen-bond acceptors (Lipinski definition) is 5. The van der Waals surface area contributed by atoms with Crippen LogP contribution in [-0.2, 0) is 19.1 Å². The van der Waals surface area contributed by atoms with Crippen molar-refractivity contribution in [2.45, 2.75) is 44.2 Å². The summed E-state index contributed by atoms with van der Waals surface area (Å²) in [5, 5.41) is 14.7. The summed E-state index contributed by atoms with van der Waals surface area (Å²) < 4.78 is 10.8. The monoisotopic (exact) mass is 480 g/mol. The van der Waals surface area contributed by atoms with Crippen molar-refractivity contribution in [3.8, 4) is 11.1 Å². The van der Waals surface area contributed by atoms with Gasteiger partial charge < -0.3 is 25.2 Å². The molecule has 0 saturated heterocycles. The Balaban J connectivity index is 1.36. The molecule has 3 N–H and O–H groups in total. The van der Waals surface area contributed by atoms with Gasteiger partial charge in [-0.05, 0) is 41.5 Å². The molecule has 3 atom stereocenters. The number of carbonyl (C=O) groups excluding carboxylic acids is 2. The normalized spacial score (nSPS) is 17.0. The van der Waals surface area contributed by atoms with E-state index in [1.165, 1.54) is 7.11 Å². The molecule has 3 unspecified atom stereocenters. The predicted octanol–water partition coefficient (Wildman–Crippen LogP) is 3.55. The molecule has 2 aromatic carbocycles. The van der Waals surface area contributed by atoms with Crippen LogP contribution in [0.2, 0.25) is 0 Å². The van der Waals surface area contributed by atoms with Gasteiger partial charge in [0.2, 0.25) is 5.91 Å². The lowest BCUT2D eigenvalue weighted by molar-refractivity contribution is -0.142. The SMILES string of the molecule is COC(C)C(NC(=O)OCC1c2ccccc2-c2ccccc21)C(=O)NCC(CC1CC1)C(=O)O. The minimum atomic E-state index is -1.02. The summed E-state index contributed by atoms with van der Waals surface area (Å²) in [7, 11) is 1.44. The van der Waals surface area contributed by atoms with Gasteiger partial charge in [0.25, 0.3) is 0 Å². The molecule has 4 rings (SSSR count). The average Bonchev–Trinajstić information content (AvgIpc) is 3.63. The van der Waals surface area contributed by atoms with Crippen LogP contribution in [0.3, 0.4) is 0 Å². The number of hydrogen-bond donors (Lipinski definition) is 3. The number of fused-ring (bicyclic) bond motifs is 3. The van der Waals surface area contributed by atoms with E-state index in [1.807, 2.05) is 36.4 Å². The molecule has 0 bridgehead atoms. The van der Waals surface area contributed by atoms with Crippen molar-refractivity contribution in [1.29, 1.82) is 0 Å². The number of amides is 2. The third-order valence-corrected chi connectivity index (χ3v) is 6.93. The predicted molar refractivity (Wildman–Crippen MR) is 130 cm³/mol. The molecular formula is C27H32N2O6. The highest BCUT2D eigenvalue weighted by atomic mass is 16.5. The van der Waals surface area contributed by atoms with Gasteiger partial charge in [0.1, 0.15) is 12.6 Å². The summed E-state index contributed by atoms with van der Waals surface area (Å²) in [4.78, 5) is 37.1. The molecule has 8 heteroatoms. The number of benzene rings is 2. The summed E-state index contributed by atoms with van der Waals surface area (Å²) in [6.07, 6.45) is 1.24.